The third-order valence-corrected chi connectivity index (χ3v) is 7.20. The van der Waals surface area contributed by atoms with E-state index in [4.69, 9.17) is 4.74 Å². The normalized spacial score (nSPS) is 19.1. The molecule has 0 saturated carbocycles. The molecular formula is C28H25N3O3. The van der Waals surface area contributed by atoms with E-state index in [9.17, 15) is 9.59 Å². The minimum atomic E-state index is -0.881. The summed E-state index contributed by atoms with van der Waals surface area (Å²) in [6, 6.07) is 19.4. The zero-order chi connectivity index (χ0) is 23.3. The fourth-order valence-corrected chi connectivity index (χ4v) is 5.44. The van der Waals surface area contributed by atoms with Crippen LogP contribution >= 0.6 is 0 Å². The van der Waals surface area contributed by atoms with Crippen molar-refractivity contribution in [3.63, 3.8) is 0 Å². The van der Waals surface area contributed by atoms with Gasteiger partial charge in [-0.1, -0.05) is 36.4 Å². The summed E-state index contributed by atoms with van der Waals surface area (Å²) < 4.78 is 6.65. The van der Waals surface area contributed by atoms with Gasteiger partial charge in [0, 0.05) is 23.8 Å². The molecule has 1 aromatic heterocycles. The van der Waals surface area contributed by atoms with Gasteiger partial charge in [0.25, 0.3) is 0 Å². The number of carbonyl (C=O) groups is 2. The van der Waals surface area contributed by atoms with Crippen LogP contribution in [0, 0.1) is 12.8 Å². The second kappa shape index (κ2) is 7.92. The van der Waals surface area contributed by atoms with Crippen LogP contribution in [0.1, 0.15) is 39.1 Å². The maximum absolute atomic E-state index is 13.9. The minimum absolute atomic E-state index is 0.155. The maximum Gasteiger partial charge on any atom is 0.181 e. The average Bonchev–Trinajstić information content (AvgIpc) is 3.34. The number of ether oxygens (including phenoxy) is 1. The van der Waals surface area contributed by atoms with Crippen LogP contribution in [0.25, 0.3) is 22.0 Å². The van der Waals surface area contributed by atoms with Crippen molar-refractivity contribution < 1.29 is 14.3 Å². The summed E-state index contributed by atoms with van der Waals surface area (Å²) in [5, 5.41) is 11.3. The molecular weight excluding hydrogens is 426 g/mol. The van der Waals surface area contributed by atoms with Crippen LogP contribution in [0.3, 0.4) is 0 Å². The fourth-order valence-electron chi connectivity index (χ4n) is 5.44. The molecule has 34 heavy (non-hydrogen) atoms. The van der Waals surface area contributed by atoms with Gasteiger partial charge in [0.1, 0.15) is 17.3 Å². The Bertz CT molecular complexity index is 1420. The van der Waals surface area contributed by atoms with Crippen LogP contribution in [-0.4, -0.2) is 40.5 Å². The monoisotopic (exact) mass is 451 g/mol. The summed E-state index contributed by atoms with van der Waals surface area (Å²) in [5.41, 5.74) is 4.01. The summed E-state index contributed by atoms with van der Waals surface area (Å²) in [5.74, 6) is -0.652. The third-order valence-electron chi connectivity index (χ3n) is 7.20. The van der Waals surface area contributed by atoms with Crippen molar-refractivity contribution >= 4 is 22.5 Å². The lowest BCUT2D eigenvalue weighted by Gasteiger charge is -2.45. The number of nitrogens with one attached hydrogen (secondary N) is 2. The average molecular weight is 452 g/mol. The standard InChI is InChI=1S/C28H25N3O3/c1-17-13-20(14-21-16-30-31-25(17)21)26(32)24-27(33)22-8-7-19(18-5-3-2-4-6-18)15-23(22)34-28(24)9-11-29-12-10-28/h2-8,13-16,24,29H,9-12H2,1H3,(H,30,31). The number of hydrogen-bond donors (Lipinski definition) is 2. The number of hydrogen-bond acceptors (Lipinski definition) is 5. The molecule has 0 radical (unpaired) electrons. The van der Waals surface area contributed by atoms with E-state index in [1.807, 2.05) is 61.5 Å². The van der Waals surface area contributed by atoms with Gasteiger partial charge < -0.3 is 10.1 Å². The van der Waals surface area contributed by atoms with E-state index in [-0.39, 0.29) is 11.6 Å². The van der Waals surface area contributed by atoms with Gasteiger partial charge in [0.05, 0.1) is 17.3 Å². The Kier molecular flexibility index (Phi) is 4.85. The molecule has 1 spiro atoms. The zero-order valence-corrected chi connectivity index (χ0v) is 18.9. The molecule has 4 aromatic rings. The Morgan fingerprint density at radius 2 is 1.82 bits per heavy atom. The number of piperidine rings is 1. The number of rotatable bonds is 3. The maximum atomic E-state index is 13.9. The van der Waals surface area contributed by atoms with E-state index >= 15 is 0 Å². The Hall–Kier alpha value is -3.77. The quantitative estimate of drug-likeness (QED) is 0.347. The first kappa shape index (κ1) is 20.8. The SMILES string of the molecule is Cc1cc(C(=O)C2C(=O)c3ccc(-c4ccccc4)cc3OC23CCNCC3)cc2cn[nH]c12. The van der Waals surface area contributed by atoms with Crippen LogP contribution in [0.4, 0.5) is 0 Å². The number of aromatic amines is 1. The highest BCUT2D eigenvalue weighted by Gasteiger charge is 2.53. The predicted octanol–water partition coefficient (Wildman–Crippen LogP) is 4.73. The van der Waals surface area contributed by atoms with Crippen molar-refractivity contribution in [1.82, 2.24) is 15.5 Å². The molecule has 2 N–H and O–H groups in total. The van der Waals surface area contributed by atoms with Crippen LogP contribution < -0.4 is 10.1 Å². The number of ketones is 2. The smallest absolute Gasteiger partial charge is 0.181 e. The van der Waals surface area contributed by atoms with Gasteiger partial charge in [-0.2, -0.15) is 5.10 Å². The molecule has 2 aliphatic heterocycles. The predicted molar refractivity (Wildman–Crippen MR) is 130 cm³/mol. The Balaban J connectivity index is 1.45. The number of aromatic nitrogens is 2. The molecule has 6 rings (SSSR count). The number of aryl methyl sites for hydroxylation is 1. The third kappa shape index (κ3) is 3.25. The highest BCUT2D eigenvalue weighted by atomic mass is 16.5. The second-order valence-corrected chi connectivity index (χ2v) is 9.28. The van der Waals surface area contributed by atoms with Crippen molar-refractivity contribution in [2.45, 2.75) is 25.4 Å². The molecule has 170 valence electrons. The van der Waals surface area contributed by atoms with Gasteiger partial charge in [0.15, 0.2) is 11.6 Å². The first-order chi connectivity index (χ1) is 16.6. The van der Waals surface area contributed by atoms with Crippen molar-refractivity contribution in [3.05, 3.63) is 83.6 Å². The molecule has 1 atom stereocenters. The molecule has 0 aliphatic carbocycles. The molecule has 6 heteroatoms. The van der Waals surface area contributed by atoms with Crippen LogP contribution in [0.2, 0.25) is 0 Å². The zero-order valence-electron chi connectivity index (χ0n) is 18.9. The van der Waals surface area contributed by atoms with E-state index in [0.29, 0.717) is 42.8 Å². The summed E-state index contributed by atoms with van der Waals surface area (Å²) in [4.78, 5) is 27.9. The highest BCUT2D eigenvalue weighted by Crippen LogP contribution is 2.44. The van der Waals surface area contributed by atoms with Crippen molar-refractivity contribution in [2.24, 2.45) is 5.92 Å². The largest absolute Gasteiger partial charge is 0.485 e. The number of carbonyl (C=O) groups excluding carboxylic acids is 2. The van der Waals surface area contributed by atoms with Crippen molar-refractivity contribution in [3.8, 4) is 16.9 Å². The van der Waals surface area contributed by atoms with Gasteiger partial charge in [0.2, 0.25) is 0 Å². The van der Waals surface area contributed by atoms with E-state index in [0.717, 1.165) is 27.6 Å². The minimum Gasteiger partial charge on any atom is -0.485 e. The summed E-state index contributed by atoms with van der Waals surface area (Å²) in [6.07, 6.45) is 2.90. The number of fused-ring (bicyclic) bond motifs is 2. The van der Waals surface area contributed by atoms with E-state index in [1.54, 1.807) is 12.3 Å². The molecule has 0 amide bonds. The molecule has 1 saturated heterocycles. The number of Topliss-reactive ketones (excluding diaryl/α,β-unsaturated/α-hetero) is 2. The fraction of sp³-hybridized carbons (Fsp3) is 0.250. The van der Waals surface area contributed by atoms with Crippen molar-refractivity contribution in [1.29, 1.82) is 0 Å². The van der Waals surface area contributed by atoms with Crippen LogP contribution in [0.5, 0.6) is 5.75 Å². The lowest BCUT2D eigenvalue weighted by molar-refractivity contribution is -0.0137. The number of benzene rings is 3. The van der Waals surface area contributed by atoms with E-state index < -0.39 is 11.5 Å². The Labute approximate surface area is 197 Å². The highest BCUT2D eigenvalue weighted by molar-refractivity contribution is 6.19. The second-order valence-electron chi connectivity index (χ2n) is 9.28. The topological polar surface area (TPSA) is 84.1 Å². The molecule has 0 bridgehead atoms. The molecule has 3 aromatic carbocycles. The molecule has 6 nitrogen and oxygen atoms in total. The summed E-state index contributed by atoms with van der Waals surface area (Å²) >= 11 is 0. The summed E-state index contributed by atoms with van der Waals surface area (Å²) in [6.45, 7) is 3.34. The molecule has 1 fully saturated rings. The first-order valence-corrected chi connectivity index (χ1v) is 11.7. The number of H-pyrrole nitrogens is 1. The van der Waals surface area contributed by atoms with E-state index in [2.05, 4.69) is 15.5 Å². The van der Waals surface area contributed by atoms with Gasteiger partial charge >= 0.3 is 0 Å². The Morgan fingerprint density at radius 3 is 2.62 bits per heavy atom. The lowest BCUT2D eigenvalue weighted by atomic mass is 9.70. The Morgan fingerprint density at radius 1 is 1.03 bits per heavy atom. The van der Waals surface area contributed by atoms with Gasteiger partial charge in [-0.15, -0.1) is 0 Å². The van der Waals surface area contributed by atoms with Gasteiger partial charge in [-0.3, -0.25) is 14.7 Å². The molecule has 3 heterocycles. The lowest BCUT2D eigenvalue weighted by Crippen LogP contribution is -2.58. The van der Waals surface area contributed by atoms with Crippen LogP contribution in [-0.2, 0) is 0 Å². The molecule has 2 aliphatic rings. The summed E-state index contributed by atoms with van der Waals surface area (Å²) in [7, 11) is 0. The van der Waals surface area contributed by atoms with Gasteiger partial charge in [-0.25, -0.2) is 0 Å². The van der Waals surface area contributed by atoms with Crippen molar-refractivity contribution in [2.75, 3.05) is 13.1 Å². The van der Waals surface area contributed by atoms with Crippen LogP contribution in [0.15, 0.2) is 66.9 Å². The first-order valence-electron chi connectivity index (χ1n) is 11.7. The van der Waals surface area contributed by atoms with E-state index in [1.165, 1.54) is 0 Å². The van der Waals surface area contributed by atoms with Gasteiger partial charge in [-0.05, 0) is 61.0 Å². The number of nitrogens with zero attached hydrogens (tertiary/aromatic N) is 1. The molecule has 1 unspecified atom stereocenters.